The topological polar surface area (TPSA) is 82.8 Å². The lowest BCUT2D eigenvalue weighted by atomic mass is 10.2. The third-order valence-electron chi connectivity index (χ3n) is 2.65. The van der Waals surface area contributed by atoms with Crippen molar-refractivity contribution < 1.29 is 19.1 Å². The Bertz CT molecular complexity index is 410. The molecule has 0 saturated heterocycles. The molecule has 2 N–H and O–H groups in total. The monoisotopic (exact) mass is 254 g/mol. The predicted octanol–water partition coefficient (Wildman–Crippen LogP) is 0.936. The number of carboxylic acids is 1. The average molecular weight is 254 g/mol. The summed E-state index contributed by atoms with van der Waals surface area (Å²) in [6.45, 7) is 5.66. The Morgan fingerprint density at radius 2 is 2.06 bits per heavy atom. The van der Waals surface area contributed by atoms with Gasteiger partial charge in [0.1, 0.15) is 0 Å². The molecule has 0 atom stereocenters. The summed E-state index contributed by atoms with van der Waals surface area (Å²) in [5.41, 5.74) is 0.537. The number of hydrogen-bond donors (Lipinski definition) is 2. The Morgan fingerprint density at radius 3 is 2.61 bits per heavy atom. The van der Waals surface area contributed by atoms with Crippen molar-refractivity contribution in [2.24, 2.45) is 0 Å². The van der Waals surface area contributed by atoms with Crippen molar-refractivity contribution in [1.29, 1.82) is 0 Å². The molecule has 0 aliphatic heterocycles. The van der Waals surface area contributed by atoms with Gasteiger partial charge < -0.3 is 19.7 Å². The maximum atomic E-state index is 11.7. The van der Waals surface area contributed by atoms with Crippen molar-refractivity contribution in [3.05, 3.63) is 23.7 Å². The number of rotatable bonds is 7. The lowest BCUT2D eigenvalue weighted by Crippen LogP contribution is -2.37. The molecular weight excluding hydrogens is 236 g/mol. The number of amides is 1. The van der Waals surface area contributed by atoms with Gasteiger partial charge in [-0.3, -0.25) is 4.79 Å². The number of nitrogens with one attached hydrogen (secondary N) is 1. The van der Waals surface area contributed by atoms with Gasteiger partial charge >= 0.3 is 5.97 Å². The number of carbonyl (C=O) groups excluding carboxylic acids is 1. The van der Waals surface area contributed by atoms with E-state index in [9.17, 15) is 9.59 Å². The van der Waals surface area contributed by atoms with Crippen LogP contribution in [0.2, 0.25) is 0 Å². The quantitative estimate of drug-likeness (QED) is 0.756. The molecule has 1 aromatic rings. The van der Waals surface area contributed by atoms with Crippen LogP contribution in [0.3, 0.4) is 0 Å². The van der Waals surface area contributed by atoms with Crippen molar-refractivity contribution in [3.8, 4) is 0 Å². The molecule has 0 bridgehead atoms. The van der Waals surface area contributed by atoms with E-state index in [1.807, 2.05) is 13.8 Å². The second kappa shape index (κ2) is 6.80. The van der Waals surface area contributed by atoms with E-state index in [4.69, 9.17) is 9.52 Å². The first-order valence-electron chi connectivity index (χ1n) is 5.88. The molecule has 0 aliphatic rings. The van der Waals surface area contributed by atoms with Gasteiger partial charge in [-0.25, -0.2) is 4.79 Å². The molecule has 18 heavy (non-hydrogen) atoms. The minimum absolute atomic E-state index is 0.000342. The summed E-state index contributed by atoms with van der Waals surface area (Å²) in [7, 11) is 0. The second-order valence-electron chi connectivity index (χ2n) is 3.75. The highest BCUT2D eigenvalue weighted by Gasteiger charge is 2.14. The van der Waals surface area contributed by atoms with Crippen molar-refractivity contribution >= 4 is 11.9 Å². The maximum Gasteiger partial charge on any atom is 0.372 e. The highest BCUT2D eigenvalue weighted by molar-refractivity contribution is 5.86. The lowest BCUT2D eigenvalue weighted by Gasteiger charge is -2.18. The van der Waals surface area contributed by atoms with Crippen LogP contribution in [0.25, 0.3) is 0 Å². The van der Waals surface area contributed by atoms with Crippen molar-refractivity contribution in [2.75, 3.05) is 19.6 Å². The first-order chi connectivity index (χ1) is 8.60. The lowest BCUT2D eigenvalue weighted by molar-refractivity contribution is -0.129. The molecule has 6 nitrogen and oxygen atoms in total. The van der Waals surface area contributed by atoms with E-state index in [-0.39, 0.29) is 18.2 Å². The van der Waals surface area contributed by atoms with E-state index in [0.717, 1.165) is 0 Å². The third-order valence-corrected chi connectivity index (χ3v) is 2.65. The maximum absolute atomic E-state index is 11.7. The fourth-order valence-electron chi connectivity index (χ4n) is 1.65. The molecule has 0 radical (unpaired) electrons. The van der Waals surface area contributed by atoms with Gasteiger partial charge in [-0.15, -0.1) is 0 Å². The van der Waals surface area contributed by atoms with Crippen molar-refractivity contribution in [1.82, 2.24) is 10.2 Å². The molecule has 0 aromatic carbocycles. The largest absolute Gasteiger partial charge is 0.475 e. The zero-order valence-electron chi connectivity index (χ0n) is 10.6. The fraction of sp³-hybridized carbons (Fsp3) is 0.500. The summed E-state index contributed by atoms with van der Waals surface area (Å²) in [4.78, 5) is 24.2. The average Bonchev–Trinajstić information content (AvgIpc) is 2.79. The molecule has 100 valence electrons. The van der Waals surface area contributed by atoms with E-state index in [1.165, 1.54) is 6.26 Å². The van der Waals surface area contributed by atoms with E-state index < -0.39 is 5.97 Å². The van der Waals surface area contributed by atoms with Gasteiger partial charge in [-0.1, -0.05) is 0 Å². The fourth-order valence-corrected chi connectivity index (χ4v) is 1.65. The minimum atomic E-state index is -1.10. The number of likely N-dealkylation sites (N-methyl/N-ethyl adjacent to an activating group) is 1. The number of carboxylic acid groups (broad SMARTS) is 1. The van der Waals surface area contributed by atoms with Crippen LogP contribution in [0.5, 0.6) is 0 Å². The minimum Gasteiger partial charge on any atom is -0.475 e. The van der Waals surface area contributed by atoms with Crippen molar-refractivity contribution in [2.45, 2.75) is 20.4 Å². The van der Waals surface area contributed by atoms with E-state index in [2.05, 4.69) is 5.32 Å². The molecule has 1 aromatic heterocycles. The second-order valence-corrected chi connectivity index (χ2v) is 3.75. The smallest absolute Gasteiger partial charge is 0.372 e. The Hall–Kier alpha value is -1.82. The van der Waals surface area contributed by atoms with Crippen LogP contribution in [0.15, 0.2) is 16.7 Å². The Labute approximate surface area is 106 Å². The molecular formula is C12H18N2O4. The van der Waals surface area contributed by atoms with Gasteiger partial charge in [-0.05, 0) is 19.9 Å². The normalized spacial score (nSPS) is 10.3. The number of aromatic carboxylic acids is 1. The highest BCUT2D eigenvalue weighted by atomic mass is 16.4. The molecule has 0 aliphatic carbocycles. The molecule has 0 fully saturated rings. The molecule has 0 saturated carbocycles. The predicted molar refractivity (Wildman–Crippen MR) is 65.3 cm³/mol. The molecule has 1 rings (SSSR count). The summed E-state index contributed by atoms with van der Waals surface area (Å²) in [6.07, 6.45) is 1.33. The Kier molecular flexibility index (Phi) is 5.38. The van der Waals surface area contributed by atoms with Crippen LogP contribution in [0, 0.1) is 0 Å². The third kappa shape index (κ3) is 3.59. The van der Waals surface area contributed by atoms with Crippen molar-refractivity contribution in [3.63, 3.8) is 0 Å². The number of carbonyl (C=O) groups is 2. The zero-order valence-corrected chi connectivity index (χ0v) is 10.6. The van der Waals surface area contributed by atoms with Gasteiger partial charge in [0.25, 0.3) is 0 Å². The SMILES string of the molecule is CCN(CC)C(=O)CNCc1ccoc1C(=O)O. The van der Waals surface area contributed by atoms with Crippen LogP contribution in [-0.2, 0) is 11.3 Å². The summed E-state index contributed by atoms with van der Waals surface area (Å²) < 4.78 is 4.84. The summed E-state index contributed by atoms with van der Waals surface area (Å²) >= 11 is 0. The Balaban J connectivity index is 2.44. The van der Waals surface area contributed by atoms with Gasteiger partial charge in [0.05, 0.1) is 12.8 Å². The van der Waals surface area contributed by atoms with E-state index in [0.29, 0.717) is 25.2 Å². The van der Waals surface area contributed by atoms with Gasteiger partial charge in [0.2, 0.25) is 11.7 Å². The number of nitrogens with zero attached hydrogens (tertiary/aromatic N) is 1. The number of hydrogen-bond acceptors (Lipinski definition) is 4. The summed E-state index contributed by atoms with van der Waals surface area (Å²) in [5.74, 6) is -1.19. The molecule has 0 unspecified atom stereocenters. The molecule has 6 heteroatoms. The number of furan rings is 1. The molecule has 1 heterocycles. The van der Waals surface area contributed by atoms with E-state index >= 15 is 0 Å². The zero-order chi connectivity index (χ0) is 13.5. The van der Waals surface area contributed by atoms with Gasteiger partial charge in [0.15, 0.2) is 0 Å². The van der Waals surface area contributed by atoms with Crippen LogP contribution in [-0.4, -0.2) is 41.5 Å². The summed E-state index contributed by atoms with van der Waals surface area (Å²) in [5, 5.41) is 11.7. The Morgan fingerprint density at radius 1 is 1.39 bits per heavy atom. The van der Waals surface area contributed by atoms with Gasteiger partial charge in [-0.2, -0.15) is 0 Å². The van der Waals surface area contributed by atoms with E-state index in [1.54, 1.807) is 11.0 Å². The molecule has 0 spiro atoms. The van der Waals surface area contributed by atoms with Crippen LogP contribution >= 0.6 is 0 Å². The van der Waals surface area contributed by atoms with Crippen LogP contribution in [0.1, 0.15) is 30.0 Å². The first-order valence-corrected chi connectivity index (χ1v) is 5.88. The highest BCUT2D eigenvalue weighted by Crippen LogP contribution is 2.09. The summed E-state index contributed by atoms with van der Waals surface area (Å²) in [6, 6.07) is 1.58. The van der Waals surface area contributed by atoms with Gasteiger partial charge in [0, 0.05) is 25.2 Å². The van der Waals surface area contributed by atoms with Crippen LogP contribution < -0.4 is 5.32 Å². The standard InChI is InChI=1S/C12H18N2O4/c1-3-14(4-2)10(15)8-13-7-9-5-6-18-11(9)12(16)17/h5-6,13H,3-4,7-8H2,1-2H3,(H,16,17). The first kappa shape index (κ1) is 14.2. The van der Waals surface area contributed by atoms with Crippen LogP contribution in [0.4, 0.5) is 0 Å². The molecule has 1 amide bonds.